The lowest BCUT2D eigenvalue weighted by Gasteiger charge is -2.30. The Morgan fingerprint density at radius 2 is 1.94 bits per heavy atom. The lowest BCUT2D eigenvalue weighted by molar-refractivity contribution is -0.115. The zero-order chi connectivity index (χ0) is 22.6. The Morgan fingerprint density at radius 1 is 1.23 bits per heavy atom. The molecule has 0 unspecified atom stereocenters. The molecule has 1 aliphatic rings. The normalized spacial score (nSPS) is 16.3. The Labute approximate surface area is 193 Å². The molecule has 9 heteroatoms. The Kier molecular flexibility index (Phi) is 8.02. The number of thioether (sulfide) groups is 1. The summed E-state index contributed by atoms with van der Waals surface area (Å²) >= 11 is 7.38. The van der Waals surface area contributed by atoms with Gasteiger partial charge in [0.2, 0.25) is 15.9 Å². The van der Waals surface area contributed by atoms with Crippen molar-refractivity contribution in [3.05, 3.63) is 47.1 Å². The highest BCUT2D eigenvalue weighted by Gasteiger charge is 2.29. The number of amides is 1. The first-order valence-electron chi connectivity index (χ1n) is 10.4. The van der Waals surface area contributed by atoms with E-state index in [0.717, 1.165) is 31.2 Å². The number of carbonyl (C=O) groups is 1. The number of anilines is 1. The van der Waals surface area contributed by atoms with E-state index in [9.17, 15) is 13.2 Å². The first-order valence-corrected chi connectivity index (χ1v) is 13.1. The first-order chi connectivity index (χ1) is 14.7. The van der Waals surface area contributed by atoms with Crippen LogP contribution in [-0.2, 0) is 14.8 Å². The fourth-order valence-electron chi connectivity index (χ4n) is 3.61. The van der Waals surface area contributed by atoms with Crippen LogP contribution in [0.3, 0.4) is 0 Å². The van der Waals surface area contributed by atoms with Crippen LogP contribution >= 0.6 is 23.4 Å². The summed E-state index contributed by atoms with van der Waals surface area (Å²) in [6.07, 6.45) is 6.47. The Balaban J connectivity index is 1.64. The molecule has 0 radical (unpaired) electrons. The van der Waals surface area contributed by atoms with Gasteiger partial charge in [-0.25, -0.2) is 13.4 Å². The third-order valence-electron chi connectivity index (χ3n) is 5.67. The minimum atomic E-state index is -3.58. The molecule has 1 saturated carbocycles. The van der Waals surface area contributed by atoms with Gasteiger partial charge in [-0.05, 0) is 56.5 Å². The van der Waals surface area contributed by atoms with E-state index in [4.69, 9.17) is 11.6 Å². The summed E-state index contributed by atoms with van der Waals surface area (Å²) in [6.45, 7) is 3.63. The molecule has 1 atom stereocenters. The highest BCUT2D eigenvalue weighted by molar-refractivity contribution is 8.00. The molecule has 0 aliphatic heterocycles. The van der Waals surface area contributed by atoms with Crippen molar-refractivity contribution in [3.63, 3.8) is 0 Å². The van der Waals surface area contributed by atoms with Gasteiger partial charge in [0.05, 0.1) is 10.3 Å². The van der Waals surface area contributed by atoms with Crippen LogP contribution in [0.2, 0.25) is 5.02 Å². The molecule has 1 aromatic heterocycles. The molecule has 1 aliphatic carbocycles. The van der Waals surface area contributed by atoms with Crippen molar-refractivity contribution >= 4 is 45.0 Å². The molecule has 1 N–H and O–H groups in total. The number of benzene rings is 1. The van der Waals surface area contributed by atoms with Crippen LogP contribution in [0, 0.1) is 6.92 Å². The number of pyridine rings is 1. The summed E-state index contributed by atoms with van der Waals surface area (Å²) in [7, 11) is -1.93. The second-order valence-corrected chi connectivity index (χ2v) is 11.6. The quantitative estimate of drug-likeness (QED) is 0.555. The van der Waals surface area contributed by atoms with Gasteiger partial charge in [-0.2, -0.15) is 4.31 Å². The van der Waals surface area contributed by atoms with Crippen LogP contribution in [0.1, 0.15) is 44.6 Å². The summed E-state index contributed by atoms with van der Waals surface area (Å²) in [5, 5.41) is 3.65. The number of rotatable bonds is 7. The van der Waals surface area contributed by atoms with Crippen molar-refractivity contribution in [2.75, 3.05) is 12.4 Å². The maximum atomic E-state index is 12.9. The predicted octanol–water partition coefficient (Wildman–Crippen LogP) is 5.12. The van der Waals surface area contributed by atoms with Crippen molar-refractivity contribution in [3.8, 4) is 0 Å². The van der Waals surface area contributed by atoms with E-state index in [1.54, 1.807) is 44.3 Å². The number of sulfonamides is 1. The van der Waals surface area contributed by atoms with Crippen molar-refractivity contribution in [2.24, 2.45) is 0 Å². The monoisotopic (exact) mass is 481 g/mol. The molecular formula is C22H28ClN3O3S2. The molecule has 1 heterocycles. The van der Waals surface area contributed by atoms with E-state index < -0.39 is 15.3 Å². The standard InChI is InChI=1S/C22H28ClN3O3S2/c1-15-19(23)10-7-11-20(15)25-22(27)16(2)30-21-13-12-18(14-24-21)31(28,29)26(3)17-8-5-4-6-9-17/h7,10-14,16-17H,4-6,8-9H2,1-3H3,(H,25,27)/t16-/m1/s1. The average Bonchev–Trinajstić information content (AvgIpc) is 2.77. The summed E-state index contributed by atoms with van der Waals surface area (Å²) < 4.78 is 27.4. The molecule has 1 aromatic carbocycles. The van der Waals surface area contributed by atoms with Crippen molar-refractivity contribution in [1.29, 1.82) is 0 Å². The molecule has 1 fully saturated rings. The van der Waals surface area contributed by atoms with Crippen molar-refractivity contribution in [1.82, 2.24) is 9.29 Å². The van der Waals surface area contributed by atoms with E-state index in [1.165, 1.54) is 28.7 Å². The minimum absolute atomic E-state index is 0.0477. The number of carbonyl (C=O) groups excluding carboxylic acids is 1. The third kappa shape index (κ3) is 5.80. The molecule has 1 amide bonds. The lowest BCUT2D eigenvalue weighted by Crippen LogP contribution is -2.38. The molecule has 0 spiro atoms. The van der Waals surface area contributed by atoms with Crippen LogP contribution in [0.25, 0.3) is 0 Å². The Hall–Kier alpha value is -1.61. The number of hydrogen-bond acceptors (Lipinski definition) is 5. The Bertz CT molecular complexity index is 1020. The zero-order valence-electron chi connectivity index (χ0n) is 18.0. The van der Waals surface area contributed by atoms with Crippen molar-refractivity contribution < 1.29 is 13.2 Å². The first kappa shape index (κ1) is 24.0. The van der Waals surface area contributed by atoms with Crippen LogP contribution < -0.4 is 5.32 Å². The maximum absolute atomic E-state index is 12.9. The summed E-state index contributed by atoms with van der Waals surface area (Å²) in [5.41, 5.74) is 1.48. The Morgan fingerprint density at radius 3 is 2.58 bits per heavy atom. The van der Waals surface area contributed by atoms with Gasteiger partial charge in [0.15, 0.2) is 0 Å². The van der Waals surface area contributed by atoms with Gasteiger partial charge in [0.25, 0.3) is 0 Å². The maximum Gasteiger partial charge on any atom is 0.244 e. The van der Waals surface area contributed by atoms with Crippen molar-refractivity contribution in [2.45, 2.75) is 67.2 Å². The molecule has 31 heavy (non-hydrogen) atoms. The fraction of sp³-hybridized carbons (Fsp3) is 0.455. The number of nitrogens with one attached hydrogen (secondary N) is 1. The van der Waals surface area contributed by atoms with E-state index in [0.29, 0.717) is 15.7 Å². The predicted molar refractivity (Wildman–Crippen MR) is 126 cm³/mol. The highest BCUT2D eigenvalue weighted by atomic mass is 35.5. The molecule has 3 rings (SSSR count). The van der Waals surface area contributed by atoms with E-state index in [1.807, 2.05) is 6.92 Å². The van der Waals surface area contributed by atoms with E-state index in [-0.39, 0.29) is 16.8 Å². The van der Waals surface area contributed by atoms with Gasteiger partial charge >= 0.3 is 0 Å². The molecule has 168 valence electrons. The second kappa shape index (κ2) is 10.3. The topological polar surface area (TPSA) is 79.4 Å². The summed E-state index contributed by atoms with van der Waals surface area (Å²) in [4.78, 5) is 17.0. The van der Waals surface area contributed by atoms with E-state index in [2.05, 4.69) is 10.3 Å². The summed E-state index contributed by atoms with van der Waals surface area (Å²) in [5.74, 6) is -0.175. The number of nitrogens with zero attached hydrogens (tertiary/aromatic N) is 2. The van der Waals surface area contributed by atoms with Crippen LogP contribution in [0.15, 0.2) is 46.5 Å². The third-order valence-corrected chi connectivity index (χ3v) is 9.02. The second-order valence-electron chi connectivity index (χ2n) is 7.81. The number of aromatic nitrogens is 1. The fourth-order valence-corrected chi connectivity index (χ4v) is 5.93. The molecule has 0 saturated heterocycles. The van der Waals surface area contributed by atoms with Crippen LogP contribution in [0.5, 0.6) is 0 Å². The lowest BCUT2D eigenvalue weighted by atomic mass is 9.96. The van der Waals surface area contributed by atoms with Gasteiger partial charge < -0.3 is 5.32 Å². The SMILES string of the molecule is Cc1c(Cl)cccc1NC(=O)[C@@H](C)Sc1ccc(S(=O)(=O)N(C)C2CCCCC2)cn1. The highest BCUT2D eigenvalue weighted by Crippen LogP contribution is 2.29. The molecular weight excluding hydrogens is 454 g/mol. The summed E-state index contributed by atoms with van der Waals surface area (Å²) in [6, 6.07) is 8.63. The molecule has 0 bridgehead atoms. The zero-order valence-corrected chi connectivity index (χ0v) is 20.4. The van der Waals surface area contributed by atoms with Crippen LogP contribution in [0.4, 0.5) is 5.69 Å². The van der Waals surface area contributed by atoms with Gasteiger partial charge in [-0.1, -0.05) is 48.7 Å². The average molecular weight is 482 g/mol. The van der Waals surface area contributed by atoms with Gasteiger partial charge in [-0.15, -0.1) is 0 Å². The minimum Gasteiger partial charge on any atom is -0.325 e. The number of hydrogen-bond donors (Lipinski definition) is 1. The van der Waals surface area contributed by atoms with E-state index >= 15 is 0 Å². The number of halogens is 1. The smallest absolute Gasteiger partial charge is 0.244 e. The van der Waals surface area contributed by atoms with Gasteiger partial charge in [0.1, 0.15) is 4.90 Å². The van der Waals surface area contributed by atoms with Gasteiger partial charge in [0, 0.05) is 30.0 Å². The largest absolute Gasteiger partial charge is 0.325 e. The van der Waals surface area contributed by atoms with Crippen LogP contribution in [-0.4, -0.2) is 42.0 Å². The van der Waals surface area contributed by atoms with Gasteiger partial charge in [-0.3, -0.25) is 4.79 Å². The molecule has 6 nitrogen and oxygen atoms in total. The molecule has 2 aromatic rings.